The molecule has 3 heteroatoms. The Morgan fingerprint density at radius 2 is 1.69 bits per heavy atom. The van der Waals surface area contributed by atoms with Gasteiger partial charge in [-0.25, -0.2) is 4.39 Å². The zero-order chi connectivity index (χ0) is 11.5. The van der Waals surface area contributed by atoms with Gasteiger partial charge in [-0.15, -0.1) is 0 Å². The highest BCUT2D eigenvalue weighted by Crippen LogP contribution is 2.33. The van der Waals surface area contributed by atoms with Crippen LogP contribution >= 0.6 is 11.8 Å². The summed E-state index contributed by atoms with van der Waals surface area (Å²) < 4.78 is 13.5. The molecule has 0 spiro atoms. The van der Waals surface area contributed by atoms with Gasteiger partial charge in [-0.05, 0) is 36.8 Å². The van der Waals surface area contributed by atoms with Crippen LogP contribution in [0.2, 0.25) is 0 Å². The molecule has 0 atom stereocenters. The molecule has 0 unspecified atom stereocenters. The standard InChI is InChI=1S/C13H12FNS/c1-9-11(15)6-4-8-12(9)16-13-7-3-2-5-10(13)14/h2-8H,15H2,1H3. The number of rotatable bonds is 2. The molecule has 0 fully saturated rings. The van der Waals surface area contributed by atoms with Crippen LogP contribution < -0.4 is 5.73 Å². The van der Waals surface area contributed by atoms with E-state index in [1.807, 2.05) is 31.2 Å². The van der Waals surface area contributed by atoms with E-state index in [0.717, 1.165) is 16.1 Å². The number of nitrogen functional groups attached to an aromatic ring is 1. The van der Waals surface area contributed by atoms with Crippen LogP contribution in [0.3, 0.4) is 0 Å². The van der Waals surface area contributed by atoms with E-state index in [0.29, 0.717) is 4.90 Å². The Balaban J connectivity index is 2.35. The summed E-state index contributed by atoms with van der Waals surface area (Å²) >= 11 is 1.40. The highest BCUT2D eigenvalue weighted by atomic mass is 32.2. The van der Waals surface area contributed by atoms with Crippen molar-refractivity contribution >= 4 is 17.4 Å². The maximum atomic E-state index is 13.5. The average molecular weight is 233 g/mol. The summed E-state index contributed by atoms with van der Waals surface area (Å²) in [6.45, 7) is 1.94. The van der Waals surface area contributed by atoms with Crippen molar-refractivity contribution in [2.45, 2.75) is 16.7 Å². The molecule has 82 valence electrons. The molecule has 0 saturated carbocycles. The van der Waals surface area contributed by atoms with Gasteiger partial charge in [0.1, 0.15) is 5.82 Å². The second-order valence-corrected chi connectivity index (χ2v) is 4.59. The van der Waals surface area contributed by atoms with Crippen LogP contribution in [0.5, 0.6) is 0 Å². The second kappa shape index (κ2) is 4.58. The van der Waals surface area contributed by atoms with Gasteiger partial charge in [-0.1, -0.05) is 30.0 Å². The van der Waals surface area contributed by atoms with E-state index in [1.165, 1.54) is 17.8 Å². The third-order valence-corrected chi connectivity index (χ3v) is 3.60. The van der Waals surface area contributed by atoms with Gasteiger partial charge >= 0.3 is 0 Å². The molecule has 0 aromatic heterocycles. The molecule has 0 radical (unpaired) electrons. The van der Waals surface area contributed by atoms with Crippen LogP contribution in [0.25, 0.3) is 0 Å². The molecule has 2 N–H and O–H groups in total. The maximum absolute atomic E-state index is 13.5. The monoisotopic (exact) mass is 233 g/mol. The van der Waals surface area contributed by atoms with E-state index in [1.54, 1.807) is 12.1 Å². The van der Waals surface area contributed by atoms with Crippen LogP contribution in [0, 0.1) is 12.7 Å². The molecular formula is C13H12FNS. The first-order chi connectivity index (χ1) is 7.68. The highest BCUT2D eigenvalue weighted by molar-refractivity contribution is 7.99. The Kier molecular flexibility index (Phi) is 3.15. The average Bonchev–Trinajstić information content (AvgIpc) is 2.28. The number of hydrogen-bond acceptors (Lipinski definition) is 2. The van der Waals surface area contributed by atoms with Gasteiger partial charge < -0.3 is 5.73 Å². The second-order valence-electron chi connectivity index (χ2n) is 3.50. The van der Waals surface area contributed by atoms with Crippen LogP contribution in [0.1, 0.15) is 5.56 Å². The molecule has 0 heterocycles. The molecule has 0 bridgehead atoms. The zero-order valence-corrected chi connectivity index (χ0v) is 9.72. The topological polar surface area (TPSA) is 26.0 Å². The summed E-state index contributed by atoms with van der Waals surface area (Å²) in [4.78, 5) is 1.61. The molecule has 0 aliphatic heterocycles. The Hall–Kier alpha value is -1.48. The molecule has 16 heavy (non-hydrogen) atoms. The minimum absolute atomic E-state index is 0.200. The fraction of sp³-hybridized carbons (Fsp3) is 0.0769. The third-order valence-electron chi connectivity index (χ3n) is 2.38. The lowest BCUT2D eigenvalue weighted by molar-refractivity contribution is 0.602. The van der Waals surface area contributed by atoms with Gasteiger partial charge in [0.05, 0.1) is 0 Å². The van der Waals surface area contributed by atoms with Crippen molar-refractivity contribution in [2.75, 3.05) is 5.73 Å². The summed E-state index contributed by atoms with van der Waals surface area (Å²) in [6.07, 6.45) is 0. The molecule has 0 aliphatic rings. The summed E-state index contributed by atoms with van der Waals surface area (Å²) in [5, 5.41) is 0. The molecule has 2 aromatic carbocycles. The first kappa shape index (κ1) is 11.0. The van der Waals surface area contributed by atoms with Crippen LogP contribution in [-0.2, 0) is 0 Å². The van der Waals surface area contributed by atoms with Crippen molar-refractivity contribution in [3.8, 4) is 0 Å². The molecule has 0 amide bonds. The number of hydrogen-bond donors (Lipinski definition) is 1. The predicted octanol–water partition coefficient (Wildman–Crippen LogP) is 3.87. The largest absolute Gasteiger partial charge is 0.398 e. The van der Waals surface area contributed by atoms with Gasteiger partial charge in [0, 0.05) is 15.5 Å². The Morgan fingerprint density at radius 1 is 1.00 bits per heavy atom. The van der Waals surface area contributed by atoms with Crippen molar-refractivity contribution in [2.24, 2.45) is 0 Å². The Bertz CT molecular complexity index is 511. The predicted molar refractivity (Wildman–Crippen MR) is 66.1 cm³/mol. The lowest BCUT2D eigenvalue weighted by Gasteiger charge is -2.08. The SMILES string of the molecule is Cc1c(N)cccc1Sc1ccccc1F. The van der Waals surface area contributed by atoms with E-state index in [9.17, 15) is 4.39 Å². The summed E-state index contributed by atoms with van der Waals surface area (Å²) in [5.74, 6) is -0.200. The highest BCUT2D eigenvalue weighted by Gasteiger charge is 2.06. The smallest absolute Gasteiger partial charge is 0.137 e. The molecule has 2 rings (SSSR count). The molecule has 2 aromatic rings. The number of halogens is 1. The van der Waals surface area contributed by atoms with Crippen LogP contribution in [0.4, 0.5) is 10.1 Å². The van der Waals surface area contributed by atoms with Gasteiger partial charge in [-0.3, -0.25) is 0 Å². The van der Waals surface area contributed by atoms with E-state index in [4.69, 9.17) is 5.73 Å². The lowest BCUT2D eigenvalue weighted by atomic mass is 10.2. The van der Waals surface area contributed by atoms with Crippen molar-refractivity contribution in [1.82, 2.24) is 0 Å². The third kappa shape index (κ3) is 2.19. The fourth-order valence-corrected chi connectivity index (χ4v) is 2.35. The summed E-state index contributed by atoms with van der Waals surface area (Å²) in [5.41, 5.74) is 7.54. The van der Waals surface area contributed by atoms with Crippen LogP contribution in [0.15, 0.2) is 52.3 Å². The van der Waals surface area contributed by atoms with Crippen molar-refractivity contribution < 1.29 is 4.39 Å². The van der Waals surface area contributed by atoms with E-state index in [2.05, 4.69) is 0 Å². The summed E-state index contributed by atoms with van der Waals surface area (Å²) in [7, 11) is 0. The van der Waals surface area contributed by atoms with Crippen molar-refractivity contribution in [3.63, 3.8) is 0 Å². The quantitative estimate of drug-likeness (QED) is 0.797. The minimum Gasteiger partial charge on any atom is -0.398 e. The van der Waals surface area contributed by atoms with E-state index < -0.39 is 0 Å². The molecule has 1 nitrogen and oxygen atoms in total. The molecule has 0 aliphatic carbocycles. The zero-order valence-electron chi connectivity index (χ0n) is 8.91. The number of benzene rings is 2. The first-order valence-corrected chi connectivity index (χ1v) is 5.77. The molecular weight excluding hydrogens is 221 g/mol. The number of nitrogens with two attached hydrogens (primary N) is 1. The maximum Gasteiger partial charge on any atom is 0.137 e. The Labute approximate surface area is 98.5 Å². The summed E-state index contributed by atoms with van der Waals surface area (Å²) in [6, 6.07) is 12.4. The van der Waals surface area contributed by atoms with Crippen molar-refractivity contribution in [3.05, 3.63) is 53.8 Å². The Morgan fingerprint density at radius 3 is 2.44 bits per heavy atom. The van der Waals surface area contributed by atoms with Crippen LogP contribution in [-0.4, -0.2) is 0 Å². The molecule has 0 saturated heterocycles. The lowest BCUT2D eigenvalue weighted by Crippen LogP contribution is -1.91. The van der Waals surface area contributed by atoms with E-state index in [-0.39, 0.29) is 5.82 Å². The normalized spacial score (nSPS) is 10.4. The van der Waals surface area contributed by atoms with Crippen molar-refractivity contribution in [1.29, 1.82) is 0 Å². The fourth-order valence-electron chi connectivity index (χ4n) is 1.39. The van der Waals surface area contributed by atoms with Gasteiger partial charge in [-0.2, -0.15) is 0 Å². The van der Waals surface area contributed by atoms with Gasteiger partial charge in [0.2, 0.25) is 0 Å². The number of anilines is 1. The van der Waals surface area contributed by atoms with Gasteiger partial charge in [0.15, 0.2) is 0 Å². The first-order valence-electron chi connectivity index (χ1n) is 4.96. The minimum atomic E-state index is -0.200. The van der Waals surface area contributed by atoms with Gasteiger partial charge in [0.25, 0.3) is 0 Å². The van der Waals surface area contributed by atoms with E-state index >= 15 is 0 Å².